The first-order valence-electron chi connectivity index (χ1n) is 7.03. The number of nitrogens with one attached hydrogen (secondary N) is 2. The van der Waals surface area contributed by atoms with Crippen molar-refractivity contribution in [2.45, 2.75) is 13.0 Å². The van der Waals surface area contributed by atoms with Crippen LogP contribution in [0.5, 0.6) is 0 Å². The number of rotatable bonds is 3. The van der Waals surface area contributed by atoms with Crippen molar-refractivity contribution in [2.75, 3.05) is 16.8 Å². The summed E-state index contributed by atoms with van der Waals surface area (Å²) in [6.07, 6.45) is 0. The van der Waals surface area contributed by atoms with Gasteiger partial charge in [0.15, 0.2) is 5.82 Å². The molecule has 0 amide bonds. The number of anilines is 3. The van der Waals surface area contributed by atoms with Crippen molar-refractivity contribution in [1.82, 2.24) is 15.0 Å². The molecule has 124 valence electrons. The van der Waals surface area contributed by atoms with E-state index in [0.29, 0.717) is 21.9 Å². The summed E-state index contributed by atoms with van der Waals surface area (Å²) < 4.78 is 0. The first kappa shape index (κ1) is 16.4. The van der Waals surface area contributed by atoms with Gasteiger partial charge in [-0.1, -0.05) is 35.3 Å². The minimum absolute atomic E-state index is 0.00499. The van der Waals surface area contributed by atoms with E-state index in [1.165, 1.54) is 0 Å². The van der Waals surface area contributed by atoms with E-state index < -0.39 is 0 Å². The molecule has 7 nitrogen and oxygen atoms in total. The second-order valence-electron chi connectivity index (χ2n) is 5.25. The Morgan fingerprint density at radius 3 is 2.75 bits per heavy atom. The second-order valence-corrected chi connectivity index (χ2v) is 6.04. The third-order valence-corrected chi connectivity index (χ3v) is 4.24. The van der Waals surface area contributed by atoms with E-state index in [2.05, 4.69) is 20.3 Å². The Morgan fingerprint density at radius 2 is 2.00 bits per heavy atom. The van der Waals surface area contributed by atoms with Crippen LogP contribution in [0.4, 0.5) is 17.6 Å². The molecule has 0 saturated heterocycles. The molecule has 1 unspecified atom stereocenters. The summed E-state index contributed by atoms with van der Waals surface area (Å²) >= 11 is 12.2. The van der Waals surface area contributed by atoms with Crippen molar-refractivity contribution in [2.24, 2.45) is 0 Å². The van der Waals surface area contributed by atoms with Crippen LogP contribution in [0.15, 0.2) is 29.1 Å². The maximum absolute atomic E-state index is 12.3. The molecule has 6 N–H and O–H groups in total. The van der Waals surface area contributed by atoms with Crippen LogP contribution in [0, 0.1) is 0 Å². The maximum Gasteiger partial charge on any atom is 0.257 e. The highest BCUT2D eigenvalue weighted by atomic mass is 35.5. The first-order valence-corrected chi connectivity index (χ1v) is 7.79. The average Bonchev–Trinajstić information content (AvgIpc) is 2.51. The quantitative estimate of drug-likeness (QED) is 0.566. The topological polar surface area (TPSA) is 123 Å². The Morgan fingerprint density at radius 1 is 1.25 bits per heavy atom. The van der Waals surface area contributed by atoms with E-state index in [-0.39, 0.29) is 28.4 Å². The van der Waals surface area contributed by atoms with Crippen LogP contribution in [0.25, 0.3) is 10.8 Å². The fourth-order valence-corrected chi connectivity index (χ4v) is 2.80. The number of aromatic nitrogens is 3. The molecule has 0 aliphatic carbocycles. The lowest BCUT2D eigenvalue weighted by Crippen LogP contribution is -2.17. The van der Waals surface area contributed by atoms with Gasteiger partial charge in [0.2, 0.25) is 5.95 Å². The van der Waals surface area contributed by atoms with Crippen molar-refractivity contribution in [1.29, 1.82) is 0 Å². The van der Waals surface area contributed by atoms with Crippen molar-refractivity contribution in [3.8, 4) is 0 Å². The van der Waals surface area contributed by atoms with E-state index in [4.69, 9.17) is 34.7 Å². The molecule has 2 heterocycles. The van der Waals surface area contributed by atoms with Gasteiger partial charge in [0, 0.05) is 5.69 Å². The molecule has 0 spiro atoms. The molecule has 24 heavy (non-hydrogen) atoms. The summed E-state index contributed by atoms with van der Waals surface area (Å²) in [4.78, 5) is 22.9. The Bertz CT molecular complexity index is 988. The number of aromatic amines is 1. The predicted molar refractivity (Wildman–Crippen MR) is 97.5 cm³/mol. The zero-order valence-corrected chi connectivity index (χ0v) is 14.1. The summed E-state index contributed by atoms with van der Waals surface area (Å²) in [6.45, 7) is 1.84. The number of nitrogens with zero attached hydrogens (tertiary/aromatic N) is 2. The summed E-state index contributed by atoms with van der Waals surface area (Å²) in [5, 5.41) is 4.83. The predicted octanol–water partition coefficient (Wildman–Crippen LogP) is 2.96. The lowest BCUT2D eigenvalue weighted by Gasteiger charge is -2.17. The van der Waals surface area contributed by atoms with Gasteiger partial charge in [-0.2, -0.15) is 9.97 Å². The van der Waals surface area contributed by atoms with Crippen molar-refractivity contribution < 1.29 is 0 Å². The van der Waals surface area contributed by atoms with E-state index in [1.54, 1.807) is 12.1 Å². The molecule has 1 atom stereocenters. The Balaban J connectivity index is 2.01. The highest BCUT2D eigenvalue weighted by Gasteiger charge is 2.15. The van der Waals surface area contributed by atoms with Crippen LogP contribution < -0.4 is 22.3 Å². The molecule has 2 aromatic heterocycles. The molecule has 0 aliphatic heterocycles. The molecule has 0 aliphatic rings. The van der Waals surface area contributed by atoms with E-state index >= 15 is 0 Å². The average molecular weight is 365 g/mol. The van der Waals surface area contributed by atoms with Crippen LogP contribution >= 0.6 is 23.2 Å². The van der Waals surface area contributed by atoms with Gasteiger partial charge >= 0.3 is 0 Å². The molecule has 0 bridgehead atoms. The first-order chi connectivity index (χ1) is 11.4. The van der Waals surface area contributed by atoms with Gasteiger partial charge in [0.1, 0.15) is 10.8 Å². The van der Waals surface area contributed by atoms with E-state index in [9.17, 15) is 4.79 Å². The molecule has 0 saturated carbocycles. The van der Waals surface area contributed by atoms with E-state index in [1.807, 2.05) is 19.1 Å². The Kier molecular flexibility index (Phi) is 4.21. The van der Waals surface area contributed by atoms with Gasteiger partial charge in [-0.25, -0.2) is 0 Å². The van der Waals surface area contributed by atoms with Gasteiger partial charge in [0.25, 0.3) is 5.56 Å². The highest BCUT2D eigenvalue weighted by molar-refractivity contribution is 6.35. The third-order valence-electron chi connectivity index (χ3n) is 3.56. The standard InChI is InChI=1S/C15H14Cl2N6O/c1-6(20-13-11(17)12(18)22-15(19)23-13)9-5-7-3-2-4-8(16)10(7)14(24)21-9/h2-6H,1H3,(H,21,24)(H5,18,19,20,22,23). The number of fused-ring (bicyclic) bond motifs is 1. The lowest BCUT2D eigenvalue weighted by atomic mass is 10.1. The number of halogens is 2. The molecule has 0 fully saturated rings. The van der Waals surface area contributed by atoms with Gasteiger partial charge in [-0.15, -0.1) is 0 Å². The summed E-state index contributed by atoms with van der Waals surface area (Å²) in [7, 11) is 0. The molecular weight excluding hydrogens is 351 g/mol. The third kappa shape index (κ3) is 2.95. The normalized spacial score (nSPS) is 12.3. The number of hydrogen-bond acceptors (Lipinski definition) is 6. The molecule has 1 aromatic carbocycles. The molecule has 9 heteroatoms. The number of benzene rings is 1. The number of nitrogens with two attached hydrogens (primary N) is 2. The van der Waals surface area contributed by atoms with Crippen LogP contribution in [-0.2, 0) is 0 Å². The van der Waals surface area contributed by atoms with Crippen molar-refractivity contribution in [3.63, 3.8) is 0 Å². The molecular formula is C15H14Cl2N6O. The molecule has 3 aromatic rings. The number of pyridine rings is 1. The zero-order chi connectivity index (χ0) is 17.4. The highest BCUT2D eigenvalue weighted by Crippen LogP contribution is 2.29. The van der Waals surface area contributed by atoms with E-state index in [0.717, 1.165) is 5.39 Å². The van der Waals surface area contributed by atoms with Crippen molar-refractivity contribution in [3.05, 3.63) is 50.4 Å². The number of nitrogen functional groups attached to an aromatic ring is 2. The number of hydrogen-bond donors (Lipinski definition) is 4. The molecule has 0 radical (unpaired) electrons. The minimum Gasteiger partial charge on any atom is -0.382 e. The second kappa shape index (κ2) is 6.18. The fourth-order valence-electron chi connectivity index (χ4n) is 2.39. The van der Waals surface area contributed by atoms with Gasteiger partial charge in [-0.05, 0) is 24.4 Å². The van der Waals surface area contributed by atoms with Crippen molar-refractivity contribution >= 4 is 51.6 Å². The lowest BCUT2D eigenvalue weighted by molar-refractivity contribution is 0.829. The minimum atomic E-state index is -0.313. The van der Waals surface area contributed by atoms with Crippen LogP contribution in [0.3, 0.4) is 0 Å². The Labute approximate surface area is 147 Å². The smallest absolute Gasteiger partial charge is 0.257 e. The van der Waals surface area contributed by atoms with Gasteiger partial charge < -0.3 is 21.8 Å². The maximum atomic E-state index is 12.3. The largest absolute Gasteiger partial charge is 0.382 e. The summed E-state index contributed by atoms with van der Waals surface area (Å²) in [5.41, 5.74) is 11.6. The van der Waals surface area contributed by atoms with Crippen LogP contribution in [-0.4, -0.2) is 15.0 Å². The zero-order valence-electron chi connectivity index (χ0n) is 12.6. The Hall–Kier alpha value is -2.51. The summed E-state index contributed by atoms with van der Waals surface area (Å²) in [6, 6.07) is 6.80. The van der Waals surface area contributed by atoms with Crippen LogP contribution in [0.2, 0.25) is 10.0 Å². The van der Waals surface area contributed by atoms with Gasteiger partial charge in [-0.3, -0.25) is 4.79 Å². The van der Waals surface area contributed by atoms with Crippen LogP contribution in [0.1, 0.15) is 18.7 Å². The van der Waals surface area contributed by atoms with Gasteiger partial charge in [0.05, 0.1) is 16.5 Å². The summed E-state index contributed by atoms with van der Waals surface area (Å²) in [5.74, 6) is 0.379. The number of H-pyrrole nitrogens is 1. The SMILES string of the molecule is CC(Nc1nc(N)nc(N)c1Cl)c1cc2cccc(Cl)c2c(=O)[nH]1. The monoisotopic (exact) mass is 364 g/mol. The molecule has 3 rings (SSSR count). The fraction of sp³-hybridized carbons (Fsp3) is 0.133.